The van der Waals surface area contributed by atoms with Crippen molar-refractivity contribution in [1.29, 1.82) is 0 Å². The minimum absolute atomic E-state index is 0.451. The second-order valence-corrected chi connectivity index (χ2v) is 4.87. The average molecular weight is 255 g/mol. The molecular formula is C17H21NO. The molecule has 1 unspecified atom stereocenters. The van der Waals surface area contributed by atoms with Gasteiger partial charge in [-0.05, 0) is 31.4 Å². The van der Waals surface area contributed by atoms with E-state index < -0.39 is 6.10 Å². The van der Waals surface area contributed by atoms with Crippen LogP contribution in [0.4, 0.5) is 0 Å². The lowest BCUT2D eigenvalue weighted by Gasteiger charge is -2.10. The molecule has 0 bridgehead atoms. The number of aromatic nitrogens is 1. The van der Waals surface area contributed by atoms with Crippen molar-refractivity contribution in [3.63, 3.8) is 0 Å². The average Bonchev–Trinajstić information content (AvgIpc) is 2.46. The molecule has 1 atom stereocenters. The Balaban J connectivity index is 1.93. The summed E-state index contributed by atoms with van der Waals surface area (Å²) < 4.78 is 0. The van der Waals surface area contributed by atoms with Crippen molar-refractivity contribution in [2.75, 3.05) is 0 Å². The summed E-state index contributed by atoms with van der Waals surface area (Å²) in [5, 5.41) is 11.3. The highest BCUT2D eigenvalue weighted by molar-refractivity contribution is 5.78. The predicted molar refractivity (Wildman–Crippen MR) is 80.0 cm³/mol. The number of fused-ring (bicyclic) bond motifs is 1. The van der Waals surface area contributed by atoms with Crippen molar-refractivity contribution in [2.45, 2.75) is 38.2 Å². The molecule has 100 valence electrons. The van der Waals surface area contributed by atoms with E-state index in [0.717, 1.165) is 48.7 Å². The number of benzene rings is 1. The van der Waals surface area contributed by atoms with E-state index in [1.807, 2.05) is 42.5 Å². The first-order valence-electron chi connectivity index (χ1n) is 6.96. The molecule has 0 amide bonds. The van der Waals surface area contributed by atoms with E-state index in [-0.39, 0.29) is 0 Å². The number of aliphatic hydroxyl groups excluding tert-OH is 1. The fourth-order valence-corrected chi connectivity index (χ4v) is 2.22. The van der Waals surface area contributed by atoms with Crippen LogP contribution in [0.3, 0.4) is 0 Å². The van der Waals surface area contributed by atoms with Gasteiger partial charge in [0.05, 0.1) is 17.3 Å². The molecule has 0 aliphatic heterocycles. The number of pyridine rings is 1. The van der Waals surface area contributed by atoms with Gasteiger partial charge in [0.25, 0.3) is 0 Å². The molecule has 1 N–H and O–H groups in total. The normalized spacial score (nSPS) is 12.5. The minimum Gasteiger partial charge on any atom is -0.387 e. The number of hydrogen-bond acceptors (Lipinski definition) is 2. The molecule has 1 aromatic carbocycles. The van der Waals surface area contributed by atoms with E-state index in [1.54, 1.807) is 0 Å². The first-order valence-corrected chi connectivity index (χ1v) is 6.96. The summed E-state index contributed by atoms with van der Waals surface area (Å²) in [5.41, 5.74) is 1.73. The second-order valence-electron chi connectivity index (χ2n) is 4.87. The maximum atomic E-state index is 10.2. The van der Waals surface area contributed by atoms with Crippen LogP contribution in [0.1, 0.15) is 43.9 Å². The summed E-state index contributed by atoms with van der Waals surface area (Å²) in [6.07, 6.45) is 6.66. The number of allylic oxidation sites excluding steroid dienone is 1. The first kappa shape index (κ1) is 13.8. The van der Waals surface area contributed by atoms with E-state index in [4.69, 9.17) is 0 Å². The summed E-state index contributed by atoms with van der Waals surface area (Å²) in [6, 6.07) is 11.9. The molecule has 0 radical (unpaired) electrons. The van der Waals surface area contributed by atoms with Gasteiger partial charge in [-0.1, -0.05) is 43.2 Å². The molecule has 0 saturated carbocycles. The molecule has 2 rings (SSSR count). The van der Waals surface area contributed by atoms with Gasteiger partial charge < -0.3 is 5.11 Å². The Morgan fingerprint density at radius 1 is 1.11 bits per heavy atom. The third-order valence-electron chi connectivity index (χ3n) is 3.35. The van der Waals surface area contributed by atoms with Crippen molar-refractivity contribution >= 4 is 10.9 Å². The third-order valence-corrected chi connectivity index (χ3v) is 3.35. The monoisotopic (exact) mass is 255 g/mol. The van der Waals surface area contributed by atoms with Crippen LogP contribution in [0, 0.1) is 0 Å². The SMILES string of the molecule is C=CCCCCCC(O)c1ccc2ccccc2n1. The zero-order valence-corrected chi connectivity index (χ0v) is 11.3. The lowest BCUT2D eigenvalue weighted by molar-refractivity contribution is 0.159. The fourth-order valence-electron chi connectivity index (χ4n) is 2.22. The number of para-hydroxylation sites is 1. The van der Waals surface area contributed by atoms with E-state index in [9.17, 15) is 5.11 Å². The zero-order chi connectivity index (χ0) is 13.5. The van der Waals surface area contributed by atoms with Crippen molar-refractivity contribution in [3.8, 4) is 0 Å². The number of hydrogen-bond donors (Lipinski definition) is 1. The molecule has 0 fully saturated rings. The number of aliphatic hydroxyl groups is 1. The number of rotatable bonds is 7. The Morgan fingerprint density at radius 3 is 2.79 bits per heavy atom. The van der Waals surface area contributed by atoms with E-state index >= 15 is 0 Å². The Labute approximate surface area is 114 Å². The molecule has 2 heteroatoms. The topological polar surface area (TPSA) is 33.1 Å². The van der Waals surface area contributed by atoms with Crippen LogP contribution in [0.5, 0.6) is 0 Å². The molecule has 1 heterocycles. The largest absolute Gasteiger partial charge is 0.387 e. The molecule has 0 aliphatic carbocycles. The van der Waals surface area contributed by atoms with Crippen LogP contribution in [0.2, 0.25) is 0 Å². The van der Waals surface area contributed by atoms with Gasteiger partial charge in [-0.2, -0.15) is 0 Å². The van der Waals surface area contributed by atoms with Crippen LogP contribution >= 0.6 is 0 Å². The van der Waals surface area contributed by atoms with Gasteiger partial charge >= 0.3 is 0 Å². The van der Waals surface area contributed by atoms with Gasteiger partial charge in [0.15, 0.2) is 0 Å². The van der Waals surface area contributed by atoms with Gasteiger partial charge in [0.2, 0.25) is 0 Å². The van der Waals surface area contributed by atoms with Crippen molar-refractivity contribution < 1.29 is 5.11 Å². The molecule has 0 saturated heterocycles. The predicted octanol–water partition coefficient (Wildman–Crippen LogP) is 4.40. The Hall–Kier alpha value is -1.67. The summed E-state index contributed by atoms with van der Waals surface area (Å²) in [5.74, 6) is 0. The quantitative estimate of drug-likeness (QED) is 0.587. The molecule has 2 nitrogen and oxygen atoms in total. The first-order chi connectivity index (χ1) is 9.31. The Kier molecular flexibility index (Phi) is 5.10. The summed E-state index contributed by atoms with van der Waals surface area (Å²) in [6.45, 7) is 3.71. The van der Waals surface area contributed by atoms with Crippen LogP contribution in [-0.2, 0) is 0 Å². The smallest absolute Gasteiger partial charge is 0.0960 e. The molecule has 19 heavy (non-hydrogen) atoms. The van der Waals surface area contributed by atoms with Crippen LogP contribution < -0.4 is 0 Å². The molecule has 0 aliphatic rings. The van der Waals surface area contributed by atoms with Gasteiger partial charge in [-0.15, -0.1) is 6.58 Å². The van der Waals surface area contributed by atoms with Crippen LogP contribution in [-0.4, -0.2) is 10.1 Å². The lowest BCUT2D eigenvalue weighted by atomic mass is 10.1. The summed E-state index contributed by atoms with van der Waals surface area (Å²) >= 11 is 0. The third kappa shape index (κ3) is 3.90. The van der Waals surface area contributed by atoms with Crippen molar-refractivity contribution in [2.24, 2.45) is 0 Å². The van der Waals surface area contributed by atoms with Crippen molar-refractivity contribution in [3.05, 3.63) is 54.7 Å². The molecule has 0 spiro atoms. The Morgan fingerprint density at radius 2 is 1.95 bits per heavy atom. The van der Waals surface area contributed by atoms with Gasteiger partial charge in [0.1, 0.15) is 0 Å². The second kappa shape index (κ2) is 7.05. The minimum atomic E-state index is -0.451. The standard InChI is InChI=1S/C17H21NO/c1-2-3-4-5-6-11-17(19)16-13-12-14-9-7-8-10-15(14)18-16/h2,7-10,12-13,17,19H,1,3-6,11H2. The zero-order valence-electron chi connectivity index (χ0n) is 11.3. The van der Waals surface area contributed by atoms with E-state index in [1.165, 1.54) is 0 Å². The van der Waals surface area contributed by atoms with Gasteiger partial charge in [-0.3, -0.25) is 4.98 Å². The lowest BCUT2D eigenvalue weighted by Crippen LogP contribution is -2.00. The van der Waals surface area contributed by atoms with Gasteiger partial charge in [-0.25, -0.2) is 0 Å². The molecular weight excluding hydrogens is 234 g/mol. The number of unbranched alkanes of at least 4 members (excludes halogenated alkanes) is 3. The fraction of sp³-hybridized carbons (Fsp3) is 0.353. The van der Waals surface area contributed by atoms with Crippen LogP contribution in [0.25, 0.3) is 10.9 Å². The maximum absolute atomic E-state index is 10.2. The Bertz CT molecular complexity index is 536. The number of nitrogens with zero attached hydrogens (tertiary/aromatic N) is 1. The summed E-state index contributed by atoms with van der Waals surface area (Å²) in [7, 11) is 0. The van der Waals surface area contributed by atoms with Crippen LogP contribution in [0.15, 0.2) is 49.1 Å². The molecule has 2 aromatic rings. The maximum Gasteiger partial charge on any atom is 0.0960 e. The van der Waals surface area contributed by atoms with E-state index in [2.05, 4.69) is 11.6 Å². The molecule has 1 aromatic heterocycles. The highest BCUT2D eigenvalue weighted by Crippen LogP contribution is 2.21. The highest BCUT2D eigenvalue weighted by atomic mass is 16.3. The van der Waals surface area contributed by atoms with E-state index in [0.29, 0.717) is 0 Å². The highest BCUT2D eigenvalue weighted by Gasteiger charge is 2.09. The van der Waals surface area contributed by atoms with Gasteiger partial charge in [0, 0.05) is 5.39 Å². The summed E-state index contributed by atoms with van der Waals surface area (Å²) in [4.78, 5) is 4.52. The van der Waals surface area contributed by atoms with Crippen molar-refractivity contribution in [1.82, 2.24) is 4.98 Å².